The summed E-state index contributed by atoms with van der Waals surface area (Å²) < 4.78 is 12.8. The van der Waals surface area contributed by atoms with Crippen molar-refractivity contribution >= 4 is 82.5 Å². The highest BCUT2D eigenvalue weighted by atomic mass is 16.3. The van der Waals surface area contributed by atoms with Crippen LogP contribution in [0.25, 0.3) is 76.5 Å². The summed E-state index contributed by atoms with van der Waals surface area (Å²) in [5.74, 6) is 0. The van der Waals surface area contributed by atoms with E-state index in [9.17, 15) is 0 Å². The van der Waals surface area contributed by atoms with E-state index >= 15 is 0 Å². The van der Waals surface area contributed by atoms with Gasteiger partial charge in [-0.1, -0.05) is 109 Å². The molecule has 0 saturated heterocycles. The highest BCUT2D eigenvalue weighted by molar-refractivity contribution is 6.19. The lowest BCUT2D eigenvalue weighted by molar-refractivity contribution is 0.669. The minimum Gasteiger partial charge on any atom is -0.456 e. The molecule has 0 aliphatic rings. The molecule has 0 atom stereocenters. The van der Waals surface area contributed by atoms with E-state index < -0.39 is 0 Å². The molecule has 47 heavy (non-hydrogen) atoms. The number of fused-ring (bicyclic) bond motifs is 9. The summed E-state index contributed by atoms with van der Waals surface area (Å²) in [4.78, 5) is 2.37. The third-order valence-electron chi connectivity index (χ3n) is 9.43. The maximum atomic E-state index is 6.54. The SMILES string of the molecule is c1cc(-c2cccc3oc4c5ccccc5ccc4c23)cc(N(c2ccc3oc4ccccc4c3c2)c2cccc3ccccc23)c1. The summed E-state index contributed by atoms with van der Waals surface area (Å²) in [7, 11) is 0. The van der Waals surface area contributed by atoms with E-state index in [4.69, 9.17) is 8.83 Å². The zero-order valence-corrected chi connectivity index (χ0v) is 25.4. The fourth-order valence-electron chi connectivity index (χ4n) is 7.29. The van der Waals surface area contributed by atoms with Gasteiger partial charge in [0.25, 0.3) is 0 Å². The largest absolute Gasteiger partial charge is 0.456 e. The number of nitrogens with zero attached hydrogens (tertiary/aromatic N) is 1. The van der Waals surface area contributed by atoms with Gasteiger partial charge in [-0.05, 0) is 76.5 Å². The average Bonchev–Trinajstić information content (AvgIpc) is 3.71. The van der Waals surface area contributed by atoms with Crippen molar-refractivity contribution in [1.29, 1.82) is 0 Å². The van der Waals surface area contributed by atoms with Crippen molar-refractivity contribution in [2.45, 2.75) is 0 Å². The maximum Gasteiger partial charge on any atom is 0.143 e. The van der Waals surface area contributed by atoms with Gasteiger partial charge in [0, 0.05) is 43.7 Å². The van der Waals surface area contributed by atoms with Crippen molar-refractivity contribution in [3.05, 3.63) is 164 Å². The van der Waals surface area contributed by atoms with Crippen LogP contribution in [-0.2, 0) is 0 Å². The monoisotopic (exact) mass is 601 g/mol. The molecular formula is C44H27NO2. The van der Waals surface area contributed by atoms with E-state index in [2.05, 4.69) is 157 Å². The third kappa shape index (κ3) is 4.00. The highest BCUT2D eigenvalue weighted by Crippen LogP contribution is 2.44. The standard InChI is InChI=1S/C44H27NO2/c1-3-15-33-28(10-1)12-8-19-39(33)45(32-23-25-41-38(27-32)36-17-5-6-20-40(36)46-41)31-14-7-13-30(26-31)34-18-9-21-42-43(34)37-24-22-29-11-2-4-16-35(29)44(37)47-42/h1-27H. The Morgan fingerprint density at radius 3 is 1.98 bits per heavy atom. The highest BCUT2D eigenvalue weighted by Gasteiger charge is 2.20. The van der Waals surface area contributed by atoms with E-state index in [1.54, 1.807) is 0 Å². The molecule has 0 unspecified atom stereocenters. The van der Waals surface area contributed by atoms with Crippen LogP contribution in [0.1, 0.15) is 0 Å². The van der Waals surface area contributed by atoms with Gasteiger partial charge in [0.05, 0.1) is 5.69 Å². The number of hydrogen-bond donors (Lipinski definition) is 0. The minimum atomic E-state index is 0.882. The van der Waals surface area contributed by atoms with Gasteiger partial charge >= 0.3 is 0 Å². The van der Waals surface area contributed by atoms with Crippen LogP contribution in [0.5, 0.6) is 0 Å². The third-order valence-corrected chi connectivity index (χ3v) is 9.43. The van der Waals surface area contributed by atoms with Gasteiger partial charge < -0.3 is 13.7 Å². The predicted octanol–water partition coefficient (Wildman–Crippen LogP) is 12.9. The van der Waals surface area contributed by atoms with Crippen LogP contribution < -0.4 is 4.90 Å². The van der Waals surface area contributed by atoms with Gasteiger partial charge in [0.2, 0.25) is 0 Å². The Morgan fingerprint density at radius 1 is 0.383 bits per heavy atom. The molecule has 0 aliphatic heterocycles. The van der Waals surface area contributed by atoms with E-state index in [-0.39, 0.29) is 0 Å². The Bertz CT molecular complexity index is 2820. The number of rotatable bonds is 4. The van der Waals surface area contributed by atoms with Gasteiger partial charge in [0.1, 0.15) is 22.3 Å². The van der Waals surface area contributed by atoms with Gasteiger partial charge in [-0.25, -0.2) is 0 Å². The smallest absolute Gasteiger partial charge is 0.143 e. The molecule has 0 radical (unpaired) electrons. The van der Waals surface area contributed by atoms with Crippen LogP contribution in [0.2, 0.25) is 0 Å². The molecule has 0 N–H and O–H groups in total. The summed E-state index contributed by atoms with van der Waals surface area (Å²) in [6, 6.07) is 57.9. The topological polar surface area (TPSA) is 29.5 Å². The molecule has 8 aromatic carbocycles. The second kappa shape index (κ2) is 10.1. The van der Waals surface area contributed by atoms with Crippen LogP contribution in [0.3, 0.4) is 0 Å². The van der Waals surface area contributed by atoms with Crippen molar-refractivity contribution in [1.82, 2.24) is 0 Å². The summed E-state index contributed by atoms with van der Waals surface area (Å²) in [5.41, 5.74) is 9.13. The Labute approximate surface area is 270 Å². The van der Waals surface area contributed by atoms with Gasteiger partial charge in [0.15, 0.2) is 0 Å². The molecule has 0 bridgehead atoms. The maximum absolute atomic E-state index is 6.54. The molecule has 2 aromatic heterocycles. The van der Waals surface area contributed by atoms with Crippen molar-refractivity contribution in [2.24, 2.45) is 0 Å². The first kappa shape index (κ1) is 26.0. The van der Waals surface area contributed by atoms with E-state index in [1.807, 2.05) is 12.1 Å². The number of benzene rings is 8. The molecule has 0 aliphatic carbocycles. The first-order valence-electron chi connectivity index (χ1n) is 15.9. The summed E-state index contributed by atoms with van der Waals surface area (Å²) >= 11 is 0. The predicted molar refractivity (Wildman–Crippen MR) is 196 cm³/mol. The van der Waals surface area contributed by atoms with Crippen LogP contribution >= 0.6 is 0 Å². The molecule has 0 fully saturated rings. The van der Waals surface area contributed by atoms with Crippen LogP contribution in [0, 0.1) is 0 Å². The minimum absolute atomic E-state index is 0.882. The van der Waals surface area contributed by atoms with Gasteiger partial charge in [-0.3, -0.25) is 0 Å². The van der Waals surface area contributed by atoms with Crippen molar-refractivity contribution in [2.75, 3.05) is 4.90 Å². The molecule has 3 heteroatoms. The fourth-order valence-corrected chi connectivity index (χ4v) is 7.29. The zero-order valence-electron chi connectivity index (χ0n) is 25.4. The number of hydrogen-bond acceptors (Lipinski definition) is 3. The van der Waals surface area contributed by atoms with E-state index in [0.29, 0.717) is 0 Å². The van der Waals surface area contributed by atoms with Crippen molar-refractivity contribution in [3.63, 3.8) is 0 Å². The van der Waals surface area contributed by atoms with Gasteiger partial charge in [-0.2, -0.15) is 0 Å². The second-order valence-corrected chi connectivity index (χ2v) is 12.1. The first-order valence-corrected chi connectivity index (χ1v) is 15.9. The molecule has 220 valence electrons. The molecule has 3 nitrogen and oxygen atoms in total. The molecule has 2 heterocycles. The lowest BCUT2D eigenvalue weighted by atomic mass is 9.97. The lowest BCUT2D eigenvalue weighted by Crippen LogP contribution is -2.10. The number of anilines is 3. The summed E-state index contributed by atoms with van der Waals surface area (Å²) in [6.07, 6.45) is 0. The molecule has 10 aromatic rings. The molecular weight excluding hydrogens is 574 g/mol. The lowest BCUT2D eigenvalue weighted by Gasteiger charge is -2.27. The molecule has 10 rings (SSSR count). The number of furan rings is 2. The molecule has 0 amide bonds. The average molecular weight is 602 g/mol. The summed E-state index contributed by atoms with van der Waals surface area (Å²) in [6.45, 7) is 0. The Hall–Kier alpha value is -6.32. The van der Waals surface area contributed by atoms with Crippen molar-refractivity contribution < 1.29 is 8.83 Å². The van der Waals surface area contributed by atoms with Crippen LogP contribution in [0.4, 0.5) is 17.1 Å². The Morgan fingerprint density at radius 2 is 1.06 bits per heavy atom. The fraction of sp³-hybridized carbons (Fsp3) is 0. The van der Waals surface area contributed by atoms with Crippen LogP contribution in [0.15, 0.2) is 173 Å². The first-order chi connectivity index (χ1) is 23.3. The Kier molecular flexibility index (Phi) is 5.57. The van der Waals surface area contributed by atoms with E-state index in [0.717, 1.165) is 77.5 Å². The van der Waals surface area contributed by atoms with Crippen LogP contribution in [-0.4, -0.2) is 0 Å². The zero-order chi connectivity index (χ0) is 30.9. The molecule has 0 saturated carbocycles. The normalized spacial score (nSPS) is 11.8. The van der Waals surface area contributed by atoms with Crippen molar-refractivity contribution in [3.8, 4) is 11.1 Å². The van der Waals surface area contributed by atoms with Gasteiger partial charge in [-0.15, -0.1) is 0 Å². The summed E-state index contributed by atoms with van der Waals surface area (Å²) in [5, 5.41) is 9.16. The number of para-hydroxylation sites is 1. The van der Waals surface area contributed by atoms with E-state index in [1.165, 1.54) is 16.2 Å². The Balaban J connectivity index is 1.21. The quantitative estimate of drug-likeness (QED) is 0.201. The molecule has 0 spiro atoms. The second-order valence-electron chi connectivity index (χ2n) is 12.1.